The zero-order chi connectivity index (χ0) is 13.8. The lowest BCUT2D eigenvalue weighted by Gasteiger charge is -2.20. The molecule has 1 heterocycles. The van der Waals surface area contributed by atoms with Gasteiger partial charge in [-0.15, -0.1) is 11.3 Å². The van der Waals surface area contributed by atoms with Gasteiger partial charge in [-0.1, -0.05) is 40.5 Å². The van der Waals surface area contributed by atoms with Crippen molar-refractivity contribution in [3.8, 4) is 0 Å². The highest BCUT2D eigenvalue weighted by atomic mass is 79.9. The first-order chi connectivity index (χ1) is 9.13. The highest BCUT2D eigenvalue weighted by Crippen LogP contribution is 2.36. The summed E-state index contributed by atoms with van der Waals surface area (Å²) in [5, 5.41) is 6.44. The molecule has 0 amide bonds. The van der Waals surface area contributed by atoms with Crippen molar-refractivity contribution in [1.29, 1.82) is 0 Å². The van der Waals surface area contributed by atoms with Gasteiger partial charge in [0.2, 0.25) is 0 Å². The van der Waals surface area contributed by atoms with Crippen LogP contribution in [0.3, 0.4) is 0 Å². The molecule has 1 unspecified atom stereocenters. The van der Waals surface area contributed by atoms with Crippen molar-refractivity contribution in [1.82, 2.24) is 5.32 Å². The Kier molecular flexibility index (Phi) is 5.90. The van der Waals surface area contributed by atoms with Gasteiger partial charge in [-0.05, 0) is 58.0 Å². The van der Waals surface area contributed by atoms with Crippen LogP contribution in [0.15, 0.2) is 38.6 Å². The first-order valence-corrected chi connectivity index (χ1v) is 8.89. The summed E-state index contributed by atoms with van der Waals surface area (Å²) >= 11 is 15.0. The van der Waals surface area contributed by atoms with Crippen molar-refractivity contribution in [3.63, 3.8) is 0 Å². The van der Waals surface area contributed by atoms with Crippen LogP contribution >= 0.6 is 54.8 Å². The molecular formula is C14H14Br2ClNS. The summed E-state index contributed by atoms with van der Waals surface area (Å²) in [7, 11) is 0. The molecule has 2 aromatic rings. The molecule has 19 heavy (non-hydrogen) atoms. The van der Waals surface area contributed by atoms with Crippen molar-refractivity contribution < 1.29 is 0 Å². The summed E-state index contributed by atoms with van der Waals surface area (Å²) in [6.07, 6.45) is 1.10. The van der Waals surface area contributed by atoms with E-state index in [0.717, 1.165) is 26.9 Å². The molecule has 0 aliphatic carbocycles. The summed E-state index contributed by atoms with van der Waals surface area (Å²) in [5.74, 6) is 0. The van der Waals surface area contributed by atoms with Crippen LogP contribution in [0.25, 0.3) is 0 Å². The molecule has 0 aliphatic heterocycles. The zero-order valence-electron chi connectivity index (χ0n) is 10.4. The van der Waals surface area contributed by atoms with E-state index in [1.807, 2.05) is 12.1 Å². The molecule has 0 saturated heterocycles. The lowest BCUT2D eigenvalue weighted by atomic mass is 10.1. The molecule has 2 rings (SSSR count). The molecule has 0 radical (unpaired) electrons. The lowest BCUT2D eigenvalue weighted by Crippen LogP contribution is -2.23. The SMILES string of the molecule is CCCNC(c1ccc(Cl)cc1Br)c1sccc1Br. The largest absolute Gasteiger partial charge is 0.306 e. The molecule has 0 bridgehead atoms. The predicted octanol–water partition coefficient (Wildman–Crippen LogP) is 6.02. The number of rotatable bonds is 5. The van der Waals surface area contributed by atoms with E-state index in [1.165, 1.54) is 10.4 Å². The van der Waals surface area contributed by atoms with Crippen LogP contribution in [-0.2, 0) is 0 Å². The Hall–Kier alpha value is 0.130. The van der Waals surface area contributed by atoms with E-state index >= 15 is 0 Å². The van der Waals surface area contributed by atoms with Gasteiger partial charge in [0, 0.05) is 18.8 Å². The predicted molar refractivity (Wildman–Crippen MR) is 91.3 cm³/mol. The van der Waals surface area contributed by atoms with Gasteiger partial charge in [0.15, 0.2) is 0 Å². The summed E-state index contributed by atoms with van der Waals surface area (Å²) in [6, 6.07) is 8.22. The van der Waals surface area contributed by atoms with Gasteiger partial charge in [0.25, 0.3) is 0 Å². The normalized spacial score (nSPS) is 12.6. The van der Waals surface area contributed by atoms with Crippen LogP contribution in [0.4, 0.5) is 0 Å². The number of hydrogen-bond donors (Lipinski definition) is 1. The molecule has 1 aromatic carbocycles. The molecule has 0 fully saturated rings. The van der Waals surface area contributed by atoms with Gasteiger partial charge in [-0.3, -0.25) is 0 Å². The Bertz CT molecular complexity index is 556. The Balaban J connectivity index is 2.40. The minimum atomic E-state index is 0.181. The van der Waals surface area contributed by atoms with Crippen molar-refractivity contribution >= 4 is 54.8 Å². The van der Waals surface area contributed by atoms with Crippen LogP contribution in [0.1, 0.15) is 29.8 Å². The van der Waals surface area contributed by atoms with Gasteiger partial charge in [-0.25, -0.2) is 0 Å². The number of halogens is 3. The molecule has 5 heteroatoms. The first kappa shape index (κ1) is 15.5. The van der Waals surface area contributed by atoms with E-state index in [0.29, 0.717) is 0 Å². The molecule has 0 saturated carbocycles. The van der Waals surface area contributed by atoms with Gasteiger partial charge in [0.05, 0.1) is 6.04 Å². The first-order valence-electron chi connectivity index (χ1n) is 6.04. The Morgan fingerprint density at radius 2 is 2.05 bits per heavy atom. The second-order valence-corrected chi connectivity index (χ2v) is 7.28. The molecule has 1 aromatic heterocycles. The smallest absolute Gasteiger partial charge is 0.0693 e. The molecule has 102 valence electrons. The molecular weight excluding hydrogens is 409 g/mol. The maximum Gasteiger partial charge on any atom is 0.0693 e. The van der Waals surface area contributed by atoms with Crippen LogP contribution < -0.4 is 5.32 Å². The average Bonchev–Trinajstić information content (AvgIpc) is 2.78. The third-order valence-corrected chi connectivity index (χ3v) is 5.64. The molecule has 0 aliphatic rings. The Labute approximate surface area is 139 Å². The fourth-order valence-corrected chi connectivity index (χ4v) is 4.49. The van der Waals surface area contributed by atoms with E-state index < -0.39 is 0 Å². The highest BCUT2D eigenvalue weighted by Gasteiger charge is 2.19. The zero-order valence-corrected chi connectivity index (χ0v) is 15.2. The third kappa shape index (κ3) is 3.82. The maximum atomic E-state index is 6.03. The van der Waals surface area contributed by atoms with Crippen molar-refractivity contribution in [3.05, 3.63) is 54.1 Å². The summed E-state index contributed by atoms with van der Waals surface area (Å²) in [4.78, 5) is 1.29. The summed E-state index contributed by atoms with van der Waals surface area (Å²) < 4.78 is 2.18. The maximum absolute atomic E-state index is 6.03. The van der Waals surface area contributed by atoms with E-state index in [1.54, 1.807) is 11.3 Å². The van der Waals surface area contributed by atoms with Crippen LogP contribution in [0, 0.1) is 0 Å². The quantitative estimate of drug-likeness (QED) is 0.620. The van der Waals surface area contributed by atoms with E-state index in [9.17, 15) is 0 Å². The molecule has 0 spiro atoms. The number of nitrogens with one attached hydrogen (secondary N) is 1. The van der Waals surface area contributed by atoms with Crippen LogP contribution in [0.5, 0.6) is 0 Å². The van der Waals surface area contributed by atoms with E-state index in [4.69, 9.17) is 11.6 Å². The fourth-order valence-electron chi connectivity index (χ4n) is 1.88. The average molecular weight is 424 g/mol. The highest BCUT2D eigenvalue weighted by molar-refractivity contribution is 9.10. The van der Waals surface area contributed by atoms with E-state index in [2.05, 4.69) is 61.6 Å². The van der Waals surface area contributed by atoms with Crippen molar-refractivity contribution in [2.45, 2.75) is 19.4 Å². The van der Waals surface area contributed by atoms with Crippen molar-refractivity contribution in [2.24, 2.45) is 0 Å². The third-order valence-electron chi connectivity index (χ3n) is 2.78. The van der Waals surface area contributed by atoms with Crippen LogP contribution in [0.2, 0.25) is 5.02 Å². The fraction of sp³-hybridized carbons (Fsp3) is 0.286. The number of thiophene rings is 1. The molecule has 1 atom stereocenters. The number of benzene rings is 1. The second kappa shape index (κ2) is 7.23. The monoisotopic (exact) mass is 421 g/mol. The number of hydrogen-bond acceptors (Lipinski definition) is 2. The van der Waals surface area contributed by atoms with Gasteiger partial charge < -0.3 is 5.32 Å². The van der Waals surface area contributed by atoms with Crippen molar-refractivity contribution in [2.75, 3.05) is 6.54 Å². The topological polar surface area (TPSA) is 12.0 Å². The Morgan fingerprint density at radius 3 is 2.63 bits per heavy atom. The Morgan fingerprint density at radius 1 is 1.26 bits per heavy atom. The summed E-state index contributed by atoms with van der Waals surface area (Å²) in [5.41, 5.74) is 1.21. The second-order valence-electron chi connectivity index (χ2n) is 4.19. The van der Waals surface area contributed by atoms with Gasteiger partial charge in [-0.2, -0.15) is 0 Å². The minimum Gasteiger partial charge on any atom is -0.306 e. The summed E-state index contributed by atoms with van der Waals surface area (Å²) in [6.45, 7) is 3.15. The molecule has 1 N–H and O–H groups in total. The molecule has 1 nitrogen and oxygen atoms in total. The van der Waals surface area contributed by atoms with Gasteiger partial charge in [0.1, 0.15) is 0 Å². The standard InChI is InChI=1S/C14H14Br2ClNS/c1-2-6-18-13(14-11(15)5-7-19-14)10-4-3-9(17)8-12(10)16/h3-5,7-8,13,18H,2,6H2,1H3. The lowest BCUT2D eigenvalue weighted by molar-refractivity contribution is 0.603. The van der Waals surface area contributed by atoms with Crippen LogP contribution in [-0.4, -0.2) is 6.54 Å². The van der Waals surface area contributed by atoms with E-state index in [-0.39, 0.29) is 6.04 Å². The minimum absolute atomic E-state index is 0.181. The van der Waals surface area contributed by atoms with Gasteiger partial charge >= 0.3 is 0 Å².